The maximum absolute atomic E-state index is 14.0. The van der Waals surface area contributed by atoms with Crippen molar-refractivity contribution in [1.82, 2.24) is 4.72 Å². The van der Waals surface area contributed by atoms with Crippen LogP contribution in [0.15, 0.2) is 42.5 Å². The SMILES string of the molecule is COc1ccc(C(=O)c2cccc(F)c2CNS(=O)(=O)C(F)(F)F)cc1. The molecule has 0 atom stereocenters. The fourth-order valence-corrected chi connectivity index (χ4v) is 2.60. The number of carbonyl (C=O) groups is 1. The molecule has 0 saturated heterocycles. The van der Waals surface area contributed by atoms with Gasteiger partial charge in [0.25, 0.3) is 0 Å². The molecule has 2 aromatic rings. The number of hydrogen-bond acceptors (Lipinski definition) is 4. The Morgan fingerprint density at radius 3 is 2.27 bits per heavy atom. The maximum Gasteiger partial charge on any atom is 0.511 e. The molecule has 5 nitrogen and oxygen atoms in total. The first-order valence-corrected chi connectivity index (χ1v) is 8.57. The normalized spacial score (nSPS) is 12.0. The van der Waals surface area contributed by atoms with Gasteiger partial charge in [0, 0.05) is 23.2 Å². The number of alkyl halides is 3. The number of ether oxygens (including phenoxy) is 1. The zero-order valence-corrected chi connectivity index (χ0v) is 14.1. The van der Waals surface area contributed by atoms with E-state index in [2.05, 4.69) is 0 Å². The molecule has 2 aromatic carbocycles. The molecule has 0 aliphatic heterocycles. The molecule has 10 heteroatoms. The van der Waals surface area contributed by atoms with Gasteiger partial charge in [0.05, 0.1) is 7.11 Å². The van der Waals surface area contributed by atoms with Crippen LogP contribution in [0.4, 0.5) is 17.6 Å². The molecule has 0 spiro atoms. The lowest BCUT2D eigenvalue weighted by Gasteiger charge is -2.13. The van der Waals surface area contributed by atoms with Crippen molar-refractivity contribution in [3.8, 4) is 5.75 Å². The number of ketones is 1. The molecule has 0 fully saturated rings. The molecule has 140 valence electrons. The number of carbonyl (C=O) groups excluding carboxylic acids is 1. The Labute approximate surface area is 146 Å². The van der Waals surface area contributed by atoms with E-state index in [4.69, 9.17) is 4.74 Å². The highest BCUT2D eigenvalue weighted by molar-refractivity contribution is 7.90. The molecular formula is C16H13F4NO4S. The molecule has 0 aliphatic rings. The van der Waals surface area contributed by atoms with Crippen molar-refractivity contribution in [2.45, 2.75) is 12.1 Å². The van der Waals surface area contributed by atoms with Crippen molar-refractivity contribution < 1.29 is 35.5 Å². The third-order valence-corrected chi connectivity index (χ3v) is 4.59. The Hall–Kier alpha value is -2.46. The highest BCUT2D eigenvalue weighted by atomic mass is 32.2. The highest BCUT2D eigenvalue weighted by Crippen LogP contribution is 2.24. The van der Waals surface area contributed by atoms with E-state index < -0.39 is 39.2 Å². The predicted molar refractivity (Wildman–Crippen MR) is 84.6 cm³/mol. The van der Waals surface area contributed by atoms with Gasteiger partial charge in [-0.15, -0.1) is 0 Å². The summed E-state index contributed by atoms with van der Waals surface area (Å²) in [6.07, 6.45) is 0. The van der Waals surface area contributed by atoms with Crippen LogP contribution < -0.4 is 9.46 Å². The van der Waals surface area contributed by atoms with Gasteiger partial charge in [0.2, 0.25) is 0 Å². The van der Waals surface area contributed by atoms with Crippen LogP contribution in [-0.2, 0) is 16.6 Å². The van der Waals surface area contributed by atoms with Crippen molar-refractivity contribution in [3.63, 3.8) is 0 Å². The first-order chi connectivity index (χ1) is 12.1. The van der Waals surface area contributed by atoms with Gasteiger partial charge < -0.3 is 4.74 Å². The van der Waals surface area contributed by atoms with Gasteiger partial charge >= 0.3 is 15.5 Å². The molecule has 0 unspecified atom stereocenters. The highest BCUT2D eigenvalue weighted by Gasteiger charge is 2.45. The summed E-state index contributed by atoms with van der Waals surface area (Å²) in [7, 11) is -4.25. The number of methoxy groups -OCH3 is 1. The molecule has 0 saturated carbocycles. The summed E-state index contributed by atoms with van der Waals surface area (Å²) in [4.78, 5) is 12.5. The van der Waals surface area contributed by atoms with Crippen molar-refractivity contribution >= 4 is 15.8 Å². The summed E-state index contributed by atoms with van der Waals surface area (Å²) < 4.78 is 79.7. The largest absolute Gasteiger partial charge is 0.511 e. The molecule has 1 N–H and O–H groups in total. The van der Waals surface area contributed by atoms with Crippen LogP contribution in [0, 0.1) is 5.82 Å². The van der Waals surface area contributed by atoms with Gasteiger partial charge in [-0.3, -0.25) is 4.79 Å². The van der Waals surface area contributed by atoms with Gasteiger partial charge in [-0.1, -0.05) is 12.1 Å². The minimum Gasteiger partial charge on any atom is -0.497 e. The molecule has 0 radical (unpaired) electrons. The second-order valence-electron chi connectivity index (χ2n) is 5.09. The molecule has 2 rings (SSSR count). The average Bonchev–Trinajstić information content (AvgIpc) is 2.59. The Bertz CT molecular complexity index is 909. The standard InChI is InChI=1S/C16H13F4NO4S/c1-25-11-7-5-10(6-8-11)15(22)12-3-2-4-14(17)13(12)9-21-26(23,24)16(18,19)20/h2-8,21H,9H2,1H3. The first kappa shape index (κ1) is 19.9. The summed E-state index contributed by atoms with van der Waals surface area (Å²) >= 11 is 0. The number of benzene rings is 2. The third-order valence-electron chi connectivity index (χ3n) is 3.46. The monoisotopic (exact) mass is 391 g/mol. The minimum atomic E-state index is -5.67. The topological polar surface area (TPSA) is 72.5 Å². The molecular weight excluding hydrogens is 378 g/mol. The maximum atomic E-state index is 14.0. The lowest BCUT2D eigenvalue weighted by Crippen LogP contribution is -2.36. The zero-order chi connectivity index (χ0) is 19.5. The van der Waals surface area contributed by atoms with Crippen LogP contribution in [0.3, 0.4) is 0 Å². The zero-order valence-electron chi connectivity index (χ0n) is 13.3. The average molecular weight is 391 g/mol. The summed E-state index contributed by atoms with van der Waals surface area (Å²) in [6, 6.07) is 9.09. The number of sulfonamides is 1. The second kappa shape index (κ2) is 7.42. The van der Waals surface area contributed by atoms with E-state index in [1.807, 2.05) is 0 Å². The van der Waals surface area contributed by atoms with Gasteiger partial charge in [-0.25, -0.2) is 17.5 Å². The second-order valence-corrected chi connectivity index (χ2v) is 6.85. The molecule has 0 aliphatic carbocycles. The Kier molecular flexibility index (Phi) is 5.67. The predicted octanol–water partition coefficient (Wildman–Crippen LogP) is 3.00. The van der Waals surface area contributed by atoms with Gasteiger partial charge in [0.1, 0.15) is 11.6 Å². The first-order valence-electron chi connectivity index (χ1n) is 7.09. The van der Waals surface area contributed by atoms with Crippen LogP contribution in [0.5, 0.6) is 5.75 Å². The summed E-state index contributed by atoms with van der Waals surface area (Å²) in [6.45, 7) is -1.02. The summed E-state index contributed by atoms with van der Waals surface area (Å²) in [5.74, 6) is -1.21. The quantitative estimate of drug-likeness (QED) is 0.607. The molecule has 0 bridgehead atoms. The summed E-state index contributed by atoms with van der Waals surface area (Å²) in [5, 5.41) is 0. The van der Waals surface area contributed by atoms with Crippen molar-refractivity contribution in [1.29, 1.82) is 0 Å². The Balaban J connectivity index is 2.35. The smallest absolute Gasteiger partial charge is 0.497 e. The van der Waals surface area contributed by atoms with E-state index in [1.165, 1.54) is 48.2 Å². The van der Waals surface area contributed by atoms with Crippen LogP contribution in [0.2, 0.25) is 0 Å². The third kappa shape index (κ3) is 4.20. The van der Waals surface area contributed by atoms with Crippen molar-refractivity contribution in [2.75, 3.05) is 7.11 Å². The Morgan fingerprint density at radius 1 is 1.12 bits per heavy atom. The van der Waals surface area contributed by atoms with Crippen LogP contribution in [0.1, 0.15) is 21.5 Å². The van der Waals surface area contributed by atoms with E-state index in [-0.39, 0.29) is 11.1 Å². The molecule has 0 aromatic heterocycles. The van der Waals surface area contributed by atoms with E-state index in [1.54, 1.807) is 0 Å². The Morgan fingerprint density at radius 2 is 1.73 bits per heavy atom. The van der Waals surface area contributed by atoms with Gasteiger partial charge in [-0.2, -0.15) is 13.2 Å². The fourth-order valence-electron chi connectivity index (χ4n) is 2.10. The van der Waals surface area contributed by atoms with Crippen molar-refractivity contribution in [2.24, 2.45) is 0 Å². The number of rotatable bonds is 6. The van der Waals surface area contributed by atoms with Gasteiger partial charge in [0.15, 0.2) is 5.78 Å². The van der Waals surface area contributed by atoms with E-state index >= 15 is 0 Å². The van der Waals surface area contributed by atoms with Crippen molar-refractivity contribution in [3.05, 3.63) is 65.0 Å². The van der Waals surface area contributed by atoms with Gasteiger partial charge in [-0.05, 0) is 30.3 Å². The van der Waals surface area contributed by atoms with E-state index in [0.29, 0.717) is 5.75 Å². The molecule has 0 heterocycles. The molecule has 0 amide bonds. The number of nitrogens with one attached hydrogen (secondary N) is 1. The lowest BCUT2D eigenvalue weighted by atomic mass is 9.98. The minimum absolute atomic E-state index is 0.135. The molecule has 26 heavy (non-hydrogen) atoms. The van der Waals surface area contributed by atoms with Crippen LogP contribution >= 0.6 is 0 Å². The van der Waals surface area contributed by atoms with E-state index in [9.17, 15) is 30.8 Å². The van der Waals surface area contributed by atoms with Crippen LogP contribution in [0.25, 0.3) is 0 Å². The lowest BCUT2D eigenvalue weighted by molar-refractivity contribution is -0.0448. The van der Waals surface area contributed by atoms with Crippen LogP contribution in [-0.4, -0.2) is 26.8 Å². The van der Waals surface area contributed by atoms with E-state index in [0.717, 1.165) is 6.07 Å². The number of halogens is 4. The fraction of sp³-hybridized carbons (Fsp3) is 0.188. The summed E-state index contributed by atoms with van der Waals surface area (Å²) in [5.41, 5.74) is -6.14. The number of hydrogen-bond donors (Lipinski definition) is 1.